The number of anilines is 2. The monoisotopic (exact) mass is 397 g/mol. The van der Waals surface area contributed by atoms with Crippen molar-refractivity contribution in [3.63, 3.8) is 0 Å². The molecule has 2 amide bonds. The van der Waals surface area contributed by atoms with Crippen molar-refractivity contribution in [2.24, 2.45) is 5.92 Å². The lowest BCUT2D eigenvalue weighted by molar-refractivity contribution is -0.121. The lowest BCUT2D eigenvalue weighted by Gasteiger charge is -2.31. The Hall–Kier alpha value is -2.34. The van der Waals surface area contributed by atoms with Gasteiger partial charge in [0.15, 0.2) is 0 Å². The predicted octanol–water partition coefficient (Wildman–Crippen LogP) is 4.15. The maximum atomic E-state index is 12.8. The molecule has 2 aliphatic rings. The highest BCUT2D eigenvalue weighted by molar-refractivity contribution is 7.12. The number of carbonyl (C=O) groups is 2. The molecular formula is C22H27N3O2S. The van der Waals surface area contributed by atoms with Gasteiger partial charge >= 0.3 is 0 Å². The van der Waals surface area contributed by atoms with E-state index in [9.17, 15) is 9.59 Å². The summed E-state index contributed by atoms with van der Waals surface area (Å²) in [6.45, 7) is 5.55. The van der Waals surface area contributed by atoms with E-state index < -0.39 is 0 Å². The molecule has 28 heavy (non-hydrogen) atoms. The van der Waals surface area contributed by atoms with Crippen LogP contribution in [0.2, 0.25) is 0 Å². The van der Waals surface area contributed by atoms with Crippen molar-refractivity contribution in [1.29, 1.82) is 0 Å². The average molecular weight is 398 g/mol. The Kier molecular flexibility index (Phi) is 5.67. The van der Waals surface area contributed by atoms with E-state index in [0.29, 0.717) is 6.54 Å². The van der Waals surface area contributed by atoms with E-state index in [1.165, 1.54) is 35.4 Å². The molecule has 3 heterocycles. The predicted molar refractivity (Wildman–Crippen MR) is 114 cm³/mol. The van der Waals surface area contributed by atoms with Crippen LogP contribution >= 0.6 is 11.3 Å². The van der Waals surface area contributed by atoms with Crippen molar-refractivity contribution in [3.8, 4) is 0 Å². The molecule has 1 aromatic heterocycles. The van der Waals surface area contributed by atoms with Gasteiger partial charge in [0.1, 0.15) is 0 Å². The molecule has 0 bridgehead atoms. The van der Waals surface area contributed by atoms with E-state index in [1.807, 2.05) is 28.5 Å². The molecular weight excluding hydrogens is 370 g/mol. The first-order valence-corrected chi connectivity index (χ1v) is 11.0. The summed E-state index contributed by atoms with van der Waals surface area (Å²) in [5.74, 6) is -0.105. The van der Waals surface area contributed by atoms with Gasteiger partial charge in [-0.05, 0) is 67.8 Å². The molecule has 0 aliphatic carbocycles. The van der Waals surface area contributed by atoms with Gasteiger partial charge < -0.3 is 15.1 Å². The number of nitrogens with zero attached hydrogens (tertiary/aromatic N) is 2. The smallest absolute Gasteiger partial charge is 0.263 e. The third-order valence-corrected chi connectivity index (χ3v) is 6.58. The highest BCUT2D eigenvalue weighted by Crippen LogP contribution is 2.28. The Morgan fingerprint density at radius 1 is 1.11 bits per heavy atom. The fraction of sp³-hybridized carbons (Fsp3) is 0.455. The number of rotatable bonds is 4. The zero-order chi connectivity index (χ0) is 19.5. The maximum absolute atomic E-state index is 12.8. The number of likely N-dealkylation sites (tertiary alicyclic amines) is 1. The van der Waals surface area contributed by atoms with Crippen LogP contribution in [-0.4, -0.2) is 42.9 Å². The summed E-state index contributed by atoms with van der Waals surface area (Å²) in [6, 6.07) is 9.91. The number of aryl methyl sites for hydroxylation is 1. The molecule has 1 unspecified atom stereocenters. The first-order chi connectivity index (χ1) is 13.6. The van der Waals surface area contributed by atoms with E-state index >= 15 is 0 Å². The van der Waals surface area contributed by atoms with E-state index in [4.69, 9.17) is 0 Å². The summed E-state index contributed by atoms with van der Waals surface area (Å²) < 4.78 is 0. The number of piperidine rings is 1. The molecule has 148 valence electrons. The zero-order valence-corrected chi connectivity index (χ0v) is 17.1. The minimum atomic E-state index is -0.156. The van der Waals surface area contributed by atoms with Crippen LogP contribution in [0, 0.1) is 12.8 Å². The second-order valence-electron chi connectivity index (χ2n) is 7.75. The molecule has 5 nitrogen and oxygen atoms in total. The number of hydrogen-bond acceptors (Lipinski definition) is 4. The Labute approximate surface area is 170 Å². The van der Waals surface area contributed by atoms with Crippen molar-refractivity contribution in [1.82, 2.24) is 4.90 Å². The standard InChI is InChI=1S/C22H27N3O2S/c1-16-14-18(8-9-19(16)24-10-2-3-11-24)23-21(26)17-6-4-12-25(15-17)22(27)20-7-5-13-28-20/h5,7-9,13-14,17H,2-4,6,10-12,15H2,1H3,(H,23,26). The van der Waals surface area contributed by atoms with E-state index in [1.54, 1.807) is 0 Å². The lowest BCUT2D eigenvalue weighted by atomic mass is 9.96. The number of nitrogens with one attached hydrogen (secondary N) is 1. The van der Waals surface area contributed by atoms with Crippen LogP contribution in [0.1, 0.15) is 40.9 Å². The molecule has 4 rings (SSSR count). The van der Waals surface area contributed by atoms with Crippen LogP contribution in [0.15, 0.2) is 35.7 Å². The quantitative estimate of drug-likeness (QED) is 0.843. The molecule has 1 N–H and O–H groups in total. The van der Waals surface area contributed by atoms with Gasteiger partial charge in [0.25, 0.3) is 5.91 Å². The molecule has 2 aromatic rings. The molecule has 1 atom stereocenters. The van der Waals surface area contributed by atoms with Gasteiger partial charge in [-0.2, -0.15) is 0 Å². The Morgan fingerprint density at radius 2 is 1.93 bits per heavy atom. The molecule has 2 aliphatic heterocycles. The van der Waals surface area contributed by atoms with Gasteiger partial charge in [-0.25, -0.2) is 0 Å². The second-order valence-corrected chi connectivity index (χ2v) is 8.70. The molecule has 1 aromatic carbocycles. The average Bonchev–Trinajstić information content (AvgIpc) is 3.42. The summed E-state index contributed by atoms with van der Waals surface area (Å²) in [4.78, 5) is 30.4. The van der Waals surface area contributed by atoms with Gasteiger partial charge in [-0.1, -0.05) is 6.07 Å². The highest BCUT2D eigenvalue weighted by atomic mass is 32.1. The molecule has 2 saturated heterocycles. The maximum Gasteiger partial charge on any atom is 0.263 e. The van der Waals surface area contributed by atoms with Gasteiger partial charge in [0.05, 0.1) is 10.8 Å². The van der Waals surface area contributed by atoms with Crippen LogP contribution < -0.4 is 10.2 Å². The molecule has 6 heteroatoms. The van der Waals surface area contributed by atoms with Crippen molar-refractivity contribution in [2.45, 2.75) is 32.6 Å². The number of benzene rings is 1. The summed E-state index contributed by atoms with van der Waals surface area (Å²) in [7, 11) is 0. The van der Waals surface area contributed by atoms with Crippen LogP contribution in [0.3, 0.4) is 0 Å². The molecule has 0 saturated carbocycles. The van der Waals surface area contributed by atoms with E-state index in [0.717, 1.165) is 43.0 Å². The lowest BCUT2D eigenvalue weighted by Crippen LogP contribution is -2.43. The van der Waals surface area contributed by atoms with Gasteiger partial charge in [-0.15, -0.1) is 11.3 Å². The van der Waals surface area contributed by atoms with Crippen molar-refractivity contribution in [2.75, 3.05) is 36.4 Å². The SMILES string of the molecule is Cc1cc(NC(=O)C2CCCN(C(=O)c3cccs3)C2)ccc1N1CCCC1. The summed E-state index contributed by atoms with van der Waals surface area (Å²) in [6.07, 6.45) is 4.19. The molecule has 0 radical (unpaired) electrons. The number of carbonyl (C=O) groups excluding carboxylic acids is 2. The van der Waals surface area contributed by atoms with Crippen LogP contribution in [0.4, 0.5) is 11.4 Å². The number of amides is 2. The first kappa shape index (κ1) is 19.0. The Balaban J connectivity index is 1.39. The van der Waals surface area contributed by atoms with Crippen molar-refractivity contribution < 1.29 is 9.59 Å². The largest absolute Gasteiger partial charge is 0.371 e. The first-order valence-electron chi connectivity index (χ1n) is 10.1. The van der Waals surface area contributed by atoms with Gasteiger partial charge in [0, 0.05) is 37.6 Å². The fourth-order valence-corrected chi connectivity index (χ4v) is 4.91. The topological polar surface area (TPSA) is 52.7 Å². The van der Waals surface area contributed by atoms with Crippen LogP contribution in [0.25, 0.3) is 0 Å². The zero-order valence-electron chi connectivity index (χ0n) is 16.3. The summed E-state index contributed by atoms with van der Waals surface area (Å²) in [5, 5.41) is 4.98. The highest BCUT2D eigenvalue weighted by Gasteiger charge is 2.29. The van der Waals surface area contributed by atoms with Crippen LogP contribution in [-0.2, 0) is 4.79 Å². The Bertz CT molecular complexity index is 843. The van der Waals surface area contributed by atoms with E-state index in [-0.39, 0.29) is 17.7 Å². The minimum absolute atomic E-state index is 0.0111. The second kappa shape index (κ2) is 8.35. The third kappa shape index (κ3) is 4.07. The normalized spacial score (nSPS) is 19.7. The number of thiophene rings is 1. The Morgan fingerprint density at radius 3 is 2.64 bits per heavy atom. The summed E-state index contributed by atoms with van der Waals surface area (Å²) >= 11 is 1.45. The van der Waals surface area contributed by atoms with E-state index in [2.05, 4.69) is 29.3 Å². The van der Waals surface area contributed by atoms with Gasteiger partial charge in [0.2, 0.25) is 5.91 Å². The third-order valence-electron chi connectivity index (χ3n) is 5.72. The minimum Gasteiger partial charge on any atom is -0.371 e. The number of hydrogen-bond donors (Lipinski definition) is 1. The summed E-state index contributed by atoms with van der Waals surface area (Å²) in [5.41, 5.74) is 3.30. The van der Waals surface area contributed by atoms with Crippen molar-refractivity contribution >= 4 is 34.5 Å². The molecule has 0 spiro atoms. The fourth-order valence-electron chi connectivity index (χ4n) is 4.22. The van der Waals surface area contributed by atoms with Gasteiger partial charge in [-0.3, -0.25) is 9.59 Å². The molecule has 2 fully saturated rings. The van der Waals surface area contributed by atoms with Crippen molar-refractivity contribution in [3.05, 3.63) is 46.2 Å². The van der Waals surface area contributed by atoms with Crippen LogP contribution in [0.5, 0.6) is 0 Å².